The number of aliphatic hydroxyl groups excluding tert-OH is 1. The van der Waals surface area contributed by atoms with Crippen LogP contribution in [0.4, 0.5) is 8.78 Å². The highest BCUT2D eigenvalue weighted by Gasteiger charge is 2.46. The van der Waals surface area contributed by atoms with Crippen molar-refractivity contribution in [3.63, 3.8) is 0 Å². The van der Waals surface area contributed by atoms with Crippen LogP contribution >= 0.6 is 0 Å². The van der Waals surface area contributed by atoms with Crippen LogP contribution in [0.2, 0.25) is 0 Å². The van der Waals surface area contributed by atoms with Gasteiger partial charge in [0.1, 0.15) is 17.5 Å². The van der Waals surface area contributed by atoms with E-state index in [1.807, 2.05) is 0 Å². The Morgan fingerprint density at radius 2 is 2.00 bits per heavy atom. The van der Waals surface area contributed by atoms with Crippen molar-refractivity contribution in [2.75, 3.05) is 6.61 Å². The Bertz CT molecular complexity index is 627. The molecule has 0 aliphatic heterocycles. The fourth-order valence-electron chi connectivity index (χ4n) is 2.06. The molecule has 0 amide bonds. The van der Waals surface area contributed by atoms with E-state index in [2.05, 4.69) is 9.97 Å². The van der Waals surface area contributed by atoms with Crippen LogP contribution in [-0.2, 0) is 5.41 Å². The molecule has 19 heavy (non-hydrogen) atoms. The summed E-state index contributed by atoms with van der Waals surface area (Å²) in [4.78, 5) is 8.41. The Labute approximate surface area is 109 Å². The number of halogens is 2. The molecule has 0 unspecified atom stereocenters. The van der Waals surface area contributed by atoms with Gasteiger partial charge < -0.3 is 5.11 Å². The lowest BCUT2D eigenvalue weighted by Gasteiger charge is -2.11. The maximum atomic E-state index is 13.7. The molecule has 0 spiro atoms. The van der Waals surface area contributed by atoms with Gasteiger partial charge in [-0.25, -0.2) is 18.7 Å². The Morgan fingerprint density at radius 1 is 1.21 bits per heavy atom. The summed E-state index contributed by atoms with van der Waals surface area (Å²) < 4.78 is 26.9. The Hall–Kier alpha value is -1.88. The first kappa shape index (κ1) is 12.2. The van der Waals surface area contributed by atoms with Crippen LogP contribution in [0.1, 0.15) is 18.7 Å². The van der Waals surface area contributed by atoms with Gasteiger partial charge in [0.25, 0.3) is 0 Å². The average molecular weight is 262 g/mol. The largest absolute Gasteiger partial charge is 0.395 e. The lowest BCUT2D eigenvalue weighted by molar-refractivity contribution is 0.250. The molecule has 1 aromatic carbocycles. The van der Waals surface area contributed by atoms with E-state index < -0.39 is 11.6 Å². The molecule has 1 fully saturated rings. The third-order valence-corrected chi connectivity index (χ3v) is 3.49. The van der Waals surface area contributed by atoms with Gasteiger partial charge in [-0.3, -0.25) is 0 Å². The van der Waals surface area contributed by atoms with Crippen molar-refractivity contribution in [1.29, 1.82) is 0 Å². The van der Waals surface area contributed by atoms with Crippen LogP contribution in [-0.4, -0.2) is 21.7 Å². The molecule has 0 atom stereocenters. The van der Waals surface area contributed by atoms with E-state index in [0.29, 0.717) is 11.5 Å². The second-order valence-corrected chi connectivity index (χ2v) is 4.83. The van der Waals surface area contributed by atoms with Gasteiger partial charge in [0.05, 0.1) is 17.7 Å². The monoisotopic (exact) mass is 262 g/mol. The van der Waals surface area contributed by atoms with Gasteiger partial charge in [-0.1, -0.05) is 0 Å². The number of rotatable bonds is 3. The van der Waals surface area contributed by atoms with E-state index in [0.717, 1.165) is 31.0 Å². The maximum Gasteiger partial charge on any atom is 0.137 e. The molecule has 5 heteroatoms. The summed E-state index contributed by atoms with van der Waals surface area (Å²) in [5.74, 6) is -0.545. The summed E-state index contributed by atoms with van der Waals surface area (Å²) in [7, 11) is 0. The fourth-order valence-corrected chi connectivity index (χ4v) is 2.06. The SMILES string of the molecule is OCC1(c2nccc(-c3cc(F)ccc3F)n2)CC1. The van der Waals surface area contributed by atoms with Crippen LogP contribution in [0.15, 0.2) is 30.5 Å². The van der Waals surface area contributed by atoms with Gasteiger partial charge in [-0.2, -0.15) is 0 Å². The number of hydrogen-bond donors (Lipinski definition) is 1. The van der Waals surface area contributed by atoms with Crippen molar-refractivity contribution in [3.8, 4) is 11.3 Å². The minimum Gasteiger partial charge on any atom is -0.395 e. The quantitative estimate of drug-likeness (QED) is 0.924. The summed E-state index contributed by atoms with van der Waals surface area (Å²) in [6, 6.07) is 4.79. The molecule has 0 radical (unpaired) electrons. The van der Waals surface area contributed by atoms with E-state index in [-0.39, 0.29) is 17.6 Å². The number of hydrogen-bond acceptors (Lipinski definition) is 3. The number of nitrogens with zero attached hydrogens (tertiary/aromatic N) is 2. The predicted molar refractivity (Wildman–Crippen MR) is 65.4 cm³/mol. The zero-order chi connectivity index (χ0) is 13.5. The second kappa shape index (κ2) is 4.35. The zero-order valence-electron chi connectivity index (χ0n) is 10.1. The average Bonchev–Trinajstić information content (AvgIpc) is 3.23. The molecular weight excluding hydrogens is 250 g/mol. The van der Waals surface area contributed by atoms with Gasteiger partial charge >= 0.3 is 0 Å². The zero-order valence-corrected chi connectivity index (χ0v) is 10.1. The number of aliphatic hydroxyl groups is 1. The minimum atomic E-state index is -0.528. The number of benzene rings is 1. The standard InChI is InChI=1S/C14H12F2N2O/c15-9-1-2-11(16)10(7-9)12-3-6-17-13(18-12)14(8-19)4-5-14/h1-3,6-7,19H,4-5,8H2. The lowest BCUT2D eigenvalue weighted by atomic mass is 10.1. The van der Waals surface area contributed by atoms with Crippen molar-refractivity contribution in [2.45, 2.75) is 18.3 Å². The predicted octanol–water partition coefficient (Wildman–Crippen LogP) is 2.45. The van der Waals surface area contributed by atoms with Crippen molar-refractivity contribution in [2.24, 2.45) is 0 Å². The van der Waals surface area contributed by atoms with Crippen LogP contribution in [0, 0.1) is 11.6 Å². The summed E-state index contributed by atoms with van der Waals surface area (Å²) in [6.07, 6.45) is 3.15. The smallest absolute Gasteiger partial charge is 0.137 e. The molecule has 1 aromatic heterocycles. The third-order valence-electron chi connectivity index (χ3n) is 3.49. The molecule has 1 N–H and O–H groups in total. The number of aromatic nitrogens is 2. The molecule has 3 nitrogen and oxygen atoms in total. The lowest BCUT2D eigenvalue weighted by Crippen LogP contribution is -2.16. The van der Waals surface area contributed by atoms with Gasteiger partial charge in [-0.05, 0) is 37.1 Å². The van der Waals surface area contributed by atoms with Crippen LogP contribution < -0.4 is 0 Å². The van der Waals surface area contributed by atoms with Crippen LogP contribution in [0.25, 0.3) is 11.3 Å². The first-order valence-electron chi connectivity index (χ1n) is 6.04. The molecule has 1 aliphatic rings. The van der Waals surface area contributed by atoms with Crippen LogP contribution in [0.5, 0.6) is 0 Å². The van der Waals surface area contributed by atoms with E-state index in [9.17, 15) is 13.9 Å². The summed E-state index contributed by atoms with van der Waals surface area (Å²) in [6.45, 7) is -0.0257. The van der Waals surface area contributed by atoms with E-state index in [1.165, 1.54) is 12.3 Å². The first-order valence-corrected chi connectivity index (χ1v) is 6.04. The molecule has 0 bridgehead atoms. The molecule has 1 aliphatic carbocycles. The van der Waals surface area contributed by atoms with Crippen LogP contribution in [0.3, 0.4) is 0 Å². The fraction of sp³-hybridized carbons (Fsp3) is 0.286. The normalized spacial score (nSPS) is 16.4. The Balaban J connectivity index is 2.06. The van der Waals surface area contributed by atoms with Gasteiger partial charge in [0, 0.05) is 11.8 Å². The van der Waals surface area contributed by atoms with Crippen molar-refractivity contribution in [3.05, 3.63) is 47.9 Å². The molecule has 0 saturated heterocycles. The molecular formula is C14H12F2N2O. The summed E-state index contributed by atoms with van der Waals surface area (Å²) in [5.41, 5.74) is 0.0545. The summed E-state index contributed by atoms with van der Waals surface area (Å²) >= 11 is 0. The van der Waals surface area contributed by atoms with Crippen molar-refractivity contribution in [1.82, 2.24) is 9.97 Å². The molecule has 3 rings (SSSR count). The highest BCUT2D eigenvalue weighted by atomic mass is 19.1. The van der Waals surface area contributed by atoms with Crippen molar-refractivity contribution < 1.29 is 13.9 Å². The van der Waals surface area contributed by atoms with E-state index in [1.54, 1.807) is 0 Å². The molecule has 1 heterocycles. The molecule has 1 saturated carbocycles. The Kier molecular flexibility index (Phi) is 2.78. The minimum absolute atomic E-state index is 0.0257. The third kappa shape index (κ3) is 2.10. The topological polar surface area (TPSA) is 46.0 Å². The van der Waals surface area contributed by atoms with Crippen molar-refractivity contribution >= 4 is 0 Å². The molecule has 2 aromatic rings. The Morgan fingerprint density at radius 3 is 2.68 bits per heavy atom. The second-order valence-electron chi connectivity index (χ2n) is 4.83. The highest BCUT2D eigenvalue weighted by Crippen LogP contribution is 2.46. The maximum absolute atomic E-state index is 13.7. The van der Waals surface area contributed by atoms with Gasteiger partial charge in [0.15, 0.2) is 0 Å². The van der Waals surface area contributed by atoms with Gasteiger partial charge in [-0.15, -0.1) is 0 Å². The van der Waals surface area contributed by atoms with E-state index in [4.69, 9.17) is 0 Å². The highest BCUT2D eigenvalue weighted by molar-refractivity contribution is 5.59. The van der Waals surface area contributed by atoms with Gasteiger partial charge in [0.2, 0.25) is 0 Å². The first-order chi connectivity index (χ1) is 9.14. The van der Waals surface area contributed by atoms with E-state index >= 15 is 0 Å². The molecule has 98 valence electrons. The summed E-state index contributed by atoms with van der Waals surface area (Å²) in [5, 5.41) is 9.36.